The Hall–Kier alpha value is -2.04. The molecular weight excluding hydrogens is 242 g/mol. The molecule has 0 aliphatic carbocycles. The number of amides is 2. The summed E-state index contributed by atoms with van der Waals surface area (Å²) in [7, 11) is 0. The second-order valence-corrected chi connectivity index (χ2v) is 4.68. The van der Waals surface area contributed by atoms with Crippen molar-refractivity contribution in [3.8, 4) is 0 Å². The minimum Gasteiger partial charge on any atom is -0.399 e. The first-order chi connectivity index (χ1) is 8.86. The second kappa shape index (κ2) is 5.73. The smallest absolute Gasteiger partial charge is 0.252 e. The highest BCUT2D eigenvalue weighted by molar-refractivity contribution is 6.00. The first kappa shape index (κ1) is 15.0. The van der Waals surface area contributed by atoms with Gasteiger partial charge in [-0.05, 0) is 37.5 Å². The van der Waals surface area contributed by atoms with Crippen molar-refractivity contribution in [3.05, 3.63) is 29.3 Å². The van der Waals surface area contributed by atoms with Gasteiger partial charge in [-0.2, -0.15) is 0 Å². The van der Waals surface area contributed by atoms with E-state index >= 15 is 0 Å². The molecule has 2 amide bonds. The summed E-state index contributed by atoms with van der Waals surface area (Å²) in [5.74, 6) is -0.847. The molecule has 1 aromatic rings. The van der Waals surface area contributed by atoms with Crippen molar-refractivity contribution >= 4 is 17.5 Å². The van der Waals surface area contributed by atoms with Gasteiger partial charge in [0.25, 0.3) is 5.91 Å². The van der Waals surface area contributed by atoms with Crippen LogP contribution >= 0.6 is 0 Å². The second-order valence-electron chi connectivity index (χ2n) is 4.68. The molecule has 104 valence electrons. The zero-order valence-electron chi connectivity index (χ0n) is 11.6. The van der Waals surface area contributed by atoms with Crippen molar-refractivity contribution < 1.29 is 9.59 Å². The third-order valence-corrected chi connectivity index (χ3v) is 3.54. The van der Waals surface area contributed by atoms with Crippen LogP contribution in [0.25, 0.3) is 0 Å². The fourth-order valence-corrected chi connectivity index (χ4v) is 2.01. The molecular formula is C14H21N3O2. The molecule has 1 rings (SSSR count). The van der Waals surface area contributed by atoms with E-state index < -0.39 is 11.4 Å². The molecule has 0 heterocycles. The molecule has 5 heteroatoms. The van der Waals surface area contributed by atoms with Crippen LogP contribution < -0.4 is 16.8 Å². The van der Waals surface area contributed by atoms with Gasteiger partial charge in [-0.3, -0.25) is 9.59 Å². The molecule has 0 aliphatic heterocycles. The highest BCUT2D eigenvalue weighted by Crippen LogP contribution is 2.18. The van der Waals surface area contributed by atoms with Crippen LogP contribution in [-0.4, -0.2) is 17.4 Å². The molecule has 0 radical (unpaired) electrons. The minimum absolute atomic E-state index is 0.327. The lowest BCUT2D eigenvalue weighted by atomic mass is 9.91. The van der Waals surface area contributed by atoms with Gasteiger partial charge in [0.2, 0.25) is 5.91 Å². The number of anilines is 1. The molecule has 0 aromatic heterocycles. The van der Waals surface area contributed by atoms with Crippen molar-refractivity contribution in [1.29, 1.82) is 0 Å². The Morgan fingerprint density at radius 2 is 1.84 bits per heavy atom. The van der Waals surface area contributed by atoms with Gasteiger partial charge in [-0.15, -0.1) is 0 Å². The van der Waals surface area contributed by atoms with Crippen LogP contribution in [0.2, 0.25) is 0 Å². The molecule has 0 fully saturated rings. The summed E-state index contributed by atoms with van der Waals surface area (Å²) in [6.07, 6.45) is 0.901. The summed E-state index contributed by atoms with van der Waals surface area (Å²) < 4.78 is 0. The predicted molar refractivity (Wildman–Crippen MR) is 75.6 cm³/mol. The number of rotatable bonds is 5. The molecule has 0 saturated heterocycles. The topological polar surface area (TPSA) is 98.2 Å². The van der Waals surface area contributed by atoms with E-state index in [1.54, 1.807) is 18.2 Å². The molecule has 0 saturated carbocycles. The summed E-state index contributed by atoms with van der Waals surface area (Å²) in [6.45, 7) is 5.46. The minimum atomic E-state index is -1.01. The van der Waals surface area contributed by atoms with Gasteiger partial charge in [0.15, 0.2) is 0 Å². The third-order valence-electron chi connectivity index (χ3n) is 3.54. The quantitative estimate of drug-likeness (QED) is 0.699. The molecule has 0 unspecified atom stereocenters. The van der Waals surface area contributed by atoms with Crippen molar-refractivity contribution in [2.24, 2.45) is 5.73 Å². The number of carbonyl (C=O) groups excluding carboxylic acids is 2. The number of hydrogen-bond donors (Lipinski definition) is 3. The normalized spacial score (nSPS) is 11.1. The van der Waals surface area contributed by atoms with Crippen LogP contribution in [0.15, 0.2) is 18.2 Å². The number of primary amides is 1. The van der Waals surface area contributed by atoms with Crippen molar-refractivity contribution in [1.82, 2.24) is 5.32 Å². The van der Waals surface area contributed by atoms with E-state index in [9.17, 15) is 9.59 Å². The number of nitrogens with one attached hydrogen (secondary N) is 1. The van der Waals surface area contributed by atoms with Crippen LogP contribution in [0, 0.1) is 6.92 Å². The standard InChI is InChI=1S/C14H21N3O2/c1-4-14(5-2,13(16)19)17-12(18)11-8-10(15)7-6-9(11)3/h6-8H,4-5,15H2,1-3H3,(H2,16,19)(H,17,18). The highest BCUT2D eigenvalue weighted by Gasteiger charge is 2.34. The number of nitrogen functional groups attached to an aromatic ring is 1. The number of carbonyl (C=O) groups is 2. The van der Waals surface area contributed by atoms with E-state index in [1.807, 2.05) is 20.8 Å². The molecule has 19 heavy (non-hydrogen) atoms. The lowest BCUT2D eigenvalue weighted by molar-refractivity contribution is -0.124. The summed E-state index contributed by atoms with van der Waals surface area (Å²) in [5, 5.41) is 2.74. The Morgan fingerprint density at radius 3 is 2.32 bits per heavy atom. The third kappa shape index (κ3) is 3.05. The van der Waals surface area contributed by atoms with Crippen molar-refractivity contribution in [2.75, 3.05) is 5.73 Å². The Labute approximate surface area is 113 Å². The Bertz CT molecular complexity index is 493. The largest absolute Gasteiger partial charge is 0.399 e. The van der Waals surface area contributed by atoms with E-state index in [0.717, 1.165) is 5.56 Å². The number of aryl methyl sites for hydroxylation is 1. The van der Waals surface area contributed by atoms with E-state index in [0.29, 0.717) is 24.1 Å². The summed E-state index contributed by atoms with van der Waals surface area (Å²) >= 11 is 0. The van der Waals surface area contributed by atoms with E-state index in [4.69, 9.17) is 11.5 Å². The van der Waals surface area contributed by atoms with Crippen LogP contribution in [0.3, 0.4) is 0 Å². The number of nitrogens with two attached hydrogens (primary N) is 2. The maximum absolute atomic E-state index is 12.3. The lowest BCUT2D eigenvalue weighted by Gasteiger charge is -2.29. The average molecular weight is 263 g/mol. The van der Waals surface area contributed by atoms with Crippen molar-refractivity contribution in [2.45, 2.75) is 39.2 Å². The first-order valence-corrected chi connectivity index (χ1v) is 6.34. The van der Waals surface area contributed by atoms with Gasteiger partial charge >= 0.3 is 0 Å². The fourth-order valence-electron chi connectivity index (χ4n) is 2.01. The van der Waals surface area contributed by atoms with Gasteiger partial charge in [0.1, 0.15) is 5.54 Å². The maximum Gasteiger partial charge on any atom is 0.252 e. The van der Waals surface area contributed by atoms with E-state index in [1.165, 1.54) is 0 Å². The lowest BCUT2D eigenvalue weighted by Crippen LogP contribution is -2.56. The summed E-state index contributed by atoms with van der Waals surface area (Å²) in [5.41, 5.74) is 11.9. The zero-order valence-corrected chi connectivity index (χ0v) is 11.6. The van der Waals surface area contributed by atoms with Gasteiger partial charge in [0, 0.05) is 11.3 Å². The molecule has 1 aromatic carbocycles. The van der Waals surface area contributed by atoms with Crippen LogP contribution in [0.1, 0.15) is 42.6 Å². The Kier molecular flexibility index (Phi) is 4.53. The van der Waals surface area contributed by atoms with Crippen LogP contribution in [0.5, 0.6) is 0 Å². The van der Waals surface area contributed by atoms with Gasteiger partial charge in [-0.1, -0.05) is 19.9 Å². The molecule has 5 nitrogen and oxygen atoms in total. The van der Waals surface area contributed by atoms with E-state index in [2.05, 4.69) is 5.32 Å². The molecule has 0 aliphatic rings. The van der Waals surface area contributed by atoms with Gasteiger partial charge in [0.05, 0.1) is 0 Å². The summed E-state index contributed by atoms with van der Waals surface area (Å²) in [6, 6.07) is 5.10. The first-order valence-electron chi connectivity index (χ1n) is 6.34. The molecule has 0 atom stereocenters. The fraction of sp³-hybridized carbons (Fsp3) is 0.429. The summed E-state index contributed by atoms with van der Waals surface area (Å²) in [4.78, 5) is 23.9. The van der Waals surface area contributed by atoms with E-state index in [-0.39, 0.29) is 5.91 Å². The SMILES string of the molecule is CCC(CC)(NC(=O)c1cc(N)ccc1C)C(N)=O. The Morgan fingerprint density at radius 1 is 1.26 bits per heavy atom. The average Bonchev–Trinajstić information content (AvgIpc) is 2.38. The number of hydrogen-bond acceptors (Lipinski definition) is 3. The Balaban J connectivity index is 3.07. The monoisotopic (exact) mass is 263 g/mol. The maximum atomic E-state index is 12.3. The van der Waals surface area contributed by atoms with Crippen molar-refractivity contribution in [3.63, 3.8) is 0 Å². The van der Waals surface area contributed by atoms with Crippen LogP contribution in [-0.2, 0) is 4.79 Å². The number of benzene rings is 1. The zero-order chi connectivity index (χ0) is 14.6. The van der Waals surface area contributed by atoms with Crippen LogP contribution in [0.4, 0.5) is 5.69 Å². The molecule has 0 bridgehead atoms. The highest BCUT2D eigenvalue weighted by atomic mass is 16.2. The van der Waals surface area contributed by atoms with Gasteiger partial charge < -0.3 is 16.8 Å². The molecule has 5 N–H and O–H groups in total. The predicted octanol–water partition coefficient (Wildman–Crippen LogP) is 1.35. The van der Waals surface area contributed by atoms with Gasteiger partial charge in [-0.25, -0.2) is 0 Å². The molecule has 0 spiro atoms.